The van der Waals surface area contributed by atoms with Crippen LogP contribution in [0, 0.1) is 0 Å². The first kappa shape index (κ1) is 19.6. The Bertz CT molecular complexity index is 2070. The summed E-state index contributed by atoms with van der Waals surface area (Å²) in [6, 6.07) is 48.9. The molecular formula is C36H22. The number of benzene rings is 8. The van der Waals surface area contributed by atoms with E-state index in [9.17, 15) is 0 Å². The molecule has 0 spiro atoms. The molecule has 0 N–H and O–H groups in total. The summed E-state index contributed by atoms with van der Waals surface area (Å²) in [6.07, 6.45) is 0. The van der Waals surface area contributed by atoms with Crippen molar-refractivity contribution in [2.75, 3.05) is 0 Å². The maximum atomic E-state index is 2.35. The largest absolute Gasteiger partial charge is 0.0622 e. The van der Waals surface area contributed by atoms with E-state index in [2.05, 4.69) is 133 Å². The molecule has 0 bridgehead atoms. The second-order valence-electron chi connectivity index (χ2n) is 9.64. The van der Waals surface area contributed by atoms with Crippen LogP contribution in [0.25, 0.3) is 76.1 Å². The number of rotatable bonds is 2. The molecule has 0 radical (unpaired) electrons. The lowest BCUT2D eigenvalue weighted by Crippen LogP contribution is -1.92. The first-order valence-electron chi connectivity index (χ1n) is 12.5. The van der Waals surface area contributed by atoms with Crippen molar-refractivity contribution in [3.05, 3.63) is 133 Å². The molecule has 0 aliphatic carbocycles. The molecule has 0 atom stereocenters. The van der Waals surface area contributed by atoms with Crippen molar-refractivity contribution in [1.29, 1.82) is 0 Å². The van der Waals surface area contributed by atoms with Crippen LogP contribution in [0.2, 0.25) is 0 Å². The van der Waals surface area contributed by atoms with E-state index in [1.54, 1.807) is 0 Å². The average molecular weight is 455 g/mol. The molecule has 166 valence electrons. The molecule has 0 heterocycles. The summed E-state index contributed by atoms with van der Waals surface area (Å²) in [7, 11) is 0. The number of hydrogen-bond donors (Lipinski definition) is 0. The van der Waals surface area contributed by atoms with E-state index in [1.165, 1.54) is 76.1 Å². The first-order chi connectivity index (χ1) is 17.9. The summed E-state index contributed by atoms with van der Waals surface area (Å²) in [5.41, 5.74) is 5.13. The third kappa shape index (κ3) is 2.59. The summed E-state index contributed by atoms with van der Waals surface area (Å²) >= 11 is 0. The van der Waals surface area contributed by atoms with Crippen molar-refractivity contribution < 1.29 is 0 Å². The van der Waals surface area contributed by atoms with Crippen LogP contribution in [0.1, 0.15) is 0 Å². The Morgan fingerprint density at radius 2 is 0.750 bits per heavy atom. The molecule has 8 aromatic rings. The van der Waals surface area contributed by atoms with Crippen LogP contribution < -0.4 is 0 Å². The van der Waals surface area contributed by atoms with Crippen molar-refractivity contribution in [2.45, 2.75) is 0 Å². The predicted molar refractivity (Wildman–Crippen MR) is 156 cm³/mol. The van der Waals surface area contributed by atoms with E-state index >= 15 is 0 Å². The Kier molecular flexibility index (Phi) is 4.03. The molecule has 8 aromatic carbocycles. The number of fused-ring (bicyclic) bond motifs is 4. The molecule has 0 aromatic heterocycles. The summed E-state index contributed by atoms with van der Waals surface area (Å²) in [6.45, 7) is 0. The molecule has 0 unspecified atom stereocenters. The Morgan fingerprint density at radius 1 is 0.250 bits per heavy atom. The van der Waals surface area contributed by atoms with Crippen LogP contribution >= 0.6 is 0 Å². The fourth-order valence-corrected chi connectivity index (χ4v) is 6.36. The molecular weight excluding hydrogens is 432 g/mol. The van der Waals surface area contributed by atoms with Gasteiger partial charge >= 0.3 is 0 Å². The fraction of sp³-hybridized carbons (Fsp3) is 0. The summed E-state index contributed by atoms with van der Waals surface area (Å²) in [4.78, 5) is 0. The van der Waals surface area contributed by atoms with Gasteiger partial charge in [-0.25, -0.2) is 0 Å². The van der Waals surface area contributed by atoms with Crippen LogP contribution in [-0.4, -0.2) is 0 Å². The number of hydrogen-bond acceptors (Lipinski definition) is 0. The quantitative estimate of drug-likeness (QED) is 0.180. The first-order valence-corrected chi connectivity index (χ1v) is 12.5. The molecule has 0 aliphatic heterocycles. The van der Waals surface area contributed by atoms with Crippen molar-refractivity contribution >= 4 is 53.9 Å². The SMILES string of the molecule is c1ccc(-c2ccc3c4c2cccc4c2cccc4c(-c5ccccc5)c5ccccc5c3c42)cc1. The molecule has 8 rings (SSSR count). The summed E-state index contributed by atoms with van der Waals surface area (Å²) < 4.78 is 0. The van der Waals surface area contributed by atoms with Crippen molar-refractivity contribution in [3.63, 3.8) is 0 Å². The average Bonchev–Trinajstić information content (AvgIpc) is 2.96. The van der Waals surface area contributed by atoms with Gasteiger partial charge in [-0.1, -0.05) is 133 Å². The molecule has 0 heteroatoms. The lowest BCUT2D eigenvalue weighted by molar-refractivity contribution is 1.66. The minimum absolute atomic E-state index is 1.26. The molecule has 0 saturated carbocycles. The van der Waals surface area contributed by atoms with Crippen molar-refractivity contribution in [2.24, 2.45) is 0 Å². The van der Waals surface area contributed by atoms with E-state index < -0.39 is 0 Å². The fourth-order valence-electron chi connectivity index (χ4n) is 6.36. The zero-order chi connectivity index (χ0) is 23.6. The van der Waals surface area contributed by atoms with Gasteiger partial charge in [0.15, 0.2) is 0 Å². The van der Waals surface area contributed by atoms with Gasteiger partial charge in [-0.05, 0) is 76.1 Å². The third-order valence-corrected chi connectivity index (χ3v) is 7.80. The van der Waals surface area contributed by atoms with Crippen LogP contribution in [0.3, 0.4) is 0 Å². The smallest absolute Gasteiger partial charge is 0.00137 e. The van der Waals surface area contributed by atoms with Gasteiger partial charge in [-0.3, -0.25) is 0 Å². The highest BCUT2D eigenvalue weighted by Gasteiger charge is 2.20. The van der Waals surface area contributed by atoms with Gasteiger partial charge in [-0.15, -0.1) is 0 Å². The van der Waals surface area contributed by atoms with Gasteiger partial charge in [-0.2, -0.15) is 0 Å². The van der Waals surface area contributed by atoms with Gasteiger partial charge in [0, 0.05) is 0 Å². The van der Waals surface area contributed by atoms with Gasteiger partial charge in [0.1, 0.15) is 0 Å². The zero-order valence-electron chi connectivity index (χ0n) is 19.7. The highest BCUT2D eigenvalue weighted by atomic mass is 14.2. The standard InChI is InChI=1S/C36H22/c1-3-11-23(12-4-1)25-21-22-32-34-26(25)17-9-18-28(34)30-19-10-20-31-33(24-13-5-2-6-14-24)27-15-7-8-16-29(27)36(32)35(30)31/h1-22H. The van der Waals surface area contributed by atoms with E-state index in [4.69, 9.17) is 0 Å². The van der Waals surface area contributed by atoms with Crippen LogP contribution in [0.15, 0.2) is 133 Å². The minimum atomic E-state index is 1.26. The molecule has 0 saturated heterocycles. The van der Waals surface area contributed by atoms with E-state index in [-0.39, 0.29) is 0 Å². The maximum Gasteiger partial charge on any atom is -0.00137 e. The van der Waals surface area contributed by atoms with Gasteiger partial charge in [0.05, 0.1) is 0 Å². The molecule has 0 fully saturated rings. The van der Waals surface area contributed by atoms with Crippen molar-refractivity contribution in [1.82, 2.24) is 0 Å². The van der Waals surface area contributed by atoms with Crippen LogP contribution in [0.5, 0.6) is 0 Å². The Balaban J connectivity index is 1.66. The third-order valence-electron chi connectivity index (χ3n) is 7.80. The highest BCUT2D eigenvalue weighted by Crippen LogP contribution is 2.48. The summed E-state index contributed by atoms with van der Waals surface area (Å²) in [5.74, 6) is 0. The molecule has 36 heavy (non-hydrogen) atoms. The molecule has 0 nitrogen and oxygen atoms in total. The van der Waals surface area contributed by atoms with Crippen molar-refractivity contribution in [3.8, 4) is 22.3 Å². The Hall–Kier alpha value is -4.68. The Labute approximate surface area is 209 Å². The van der Waals surface area contributed by atoms with Crippen LogP contribution in [0.4, 0.5) is 0 Å². The normalized spacial score (nSPS) is 11.9. The summed E-state index contributed by atoms with van der Waals surface area (Å²) in [5, 5.41) is 13.3. The van der Waals surface area contributed by atoms with E-state index in [0.717, 1.165) is 0 Å². The monoisotopic (exact) mass is 454 g/mol. The lowest BCUT2D eigenvalue weighted by atomic mass is 9.82. The molecule has 0 amide bonds. The van der Waals surface area contributed by atoms with E-state index in [0.29, 0.717) is 0 Å². The maximum absolute atomic E-state index is 2.35. The highest BCUT2D eigenvalue weighted by molar-refractivity contribution is 6.41. The predicted octanol–water partition coefficient (Wildman–Crippen LogP) is 10.2. The molecule has 0 aliphatic rings. The van der Waals surface area contributed by atoms with E-state index in [1.807, 2.05) is 0 Å². The van der Waals surface area contributed by atoms with Gasteiger partial charge in [0.25, 0.3) is 0 Å². The Morgan fingerprint density at radius 3 is 1.50 bits per heavy atom. The van der Waals surface area contributed by atoms with Gasteiger partial charge in [0.2, 0.25) is 0 Å². The second kappa shape index (κ2) is 7.41. The second-order valence-corrected chi connectivity index (χ2v) is 9.64. The minimum Gasteiger partial charge on any atom is -0.0622 e. The zero-order valence-corrected chi connectivity index (χ0v) is 19.7. The van der Waals surface area contributed by atoms with Crippen LogP contribution in [-0.2, 0) is 0 Å². The lowest BCUT2D eigenvalue weighted by Gasteiger charge is -2.20. The topological polar surface area (TPSA) is 0 Å². The van der Waals surface area contributed by atoms with Gasteiger partial charge < -0.3 is 0 Å².